The zero-order valence-corrected chi connectivity index (χ0v) is 15.3. The van der Waals surface area contributed by atoms with Crippen molar-refractivity contribution in [2.75, 3.05) is 32.2 Å². The van der Waals surface area contributed by atoms with E-state index >= 15 is 0 Å². The minimum Gasteiger partial charge on any atom is -0.493 e. The van der Waals surface area contributed by atoms with Gasteiger partial charge in [-0.15, -0.1) is 0 Å². The summed E-state index contributed by atoms with van der Waals surface area (Å²) in [4.78, 5) is 18.1. The van der Waals surface area contributed by atoms with Crippen molar-refractivity contribution in [2.24, 2.45) is 11.3 Å². The number of hydrogen-bond acceptors (Lipinski definition) is 4. The number of piperidine rings is 1. The number of rotatable bonds is 2. The van der Waals surface area contributed by atoms with E-state index in [-0.39, 0.29) is 17.0 Å². The van der Waals surface area contributed by atoms with Gasteiger partial charge in [-0.25, -0.2) is 0 Å². The lowest BCUT2D eigenvalue weighted by Gasteiger charge is -2.63. The van der Waals surface area contributed by atoms with Crippen molar-refractivity contribution >= 4 is 11.6 Å². The topological polar surface area (TPSA) is 42.0 Å². The van der Waals surface area contributed by atoms with E-state index in [2.05, 4.69) is 28.0 Å². The maximum atomic E-state index is 13.3. The average molecular weight is 352 g/mol. The molecule has 3 fully saturated rings. The zero-order valence-electron chi connectivity index (χ0n) is 15.3. The molecule has 4 atom stereocenters. The summed E-state index contributed by atoms with van der Waals surface area (Å²) in [7, 11) is 3.35. The number of methoxy groups -OCH3 is 2. The molecule has 136 valence electrons. The van der Waals surface area contributed by atoms with Crippen LogP contribution in [0.4, 0.5) is 5.69 Å². The molecule has 1 unspecified atom stereocenters. The van der Waals surface area contributed by atoms with Gasteiger partial charge in [0.1, 0.15) is 5.66 Å². The van der Waals surface area contributed by atoms with E-state index in [1.54, 1.807) is 14.2 Å². The third kappa shape index (κ3) is 1.37. The molecule has 1 aromatic carbocycles. The van der Waals surface area contributed by atoms with E-state index in [4.69, 9.17) is 9.47 Å². The second-order valence-electron chi connectivity index (χ2n) is 8.44. The predicted octanol–water partition coefficient (Wildman–Crippen LogP) is 2.91. The molecule has 5 heteroatoms. The van der Waals surface area contributed by atoms with Gasteiger partial charge in [-0.2, -0.15) is 0 Å². The summed E-state index contributed by atoms with van der Waals surface area (Å²) in [6.45, 7) is 2.02. The van der Waals surface area contributed by atoms with Crippen molar-refractivity contribution < 1.29 is 14.3 Å². The van der Waals surface area contributed by atoms with E-state index in [9.17, 15) is 4.79 Å². The Morgan fingerprint density at radius 3 is 2.77 bits per heavy atom. The monoisotopic (exact) mass is 352 g/mol. The molecule has 5 aliphatic rings. The van der Waals surface area contributed by atoms with Crippen LogP contribution in [0, 0.1) is 11.3 Å². The molecule has 0 aromatic heterocycles. The number of anilines is 1. The van der Waals surface area contributed by atoms with Gasteiger partial charge in [0.15, 0.2) is 11.5 Å². The van der Waals surface area contributed by atoms with Crippen LogP contribution in [0.2, 0.25) is 0 Å². The summed E-state index contributed by atoms with van der Waals surface area (Å²) in [6.07, 6.45) is 8.79. The van der Waals surface area contributed by atoms with Crippen molar-refractivity contribution in [1.29, 1.82) is 0 Å². The second kappa shape index (κ2) is 4.63. The lowest BCUT2D eigenvalue weighted by Crippen LogP contribution is -2.72. The fraction of sp³-hybridized carbons (Fsp3) is 0.571. The molecule has 4 aliphatic heterocycles. The molecule has 1 amide bonds. The van der Waals surface area contributed by atoms with Crippen molar-refractivity contribution in [1.82, 2.24) is 4.90 Å². The average Bonchev–Trinajstić information content (AvgIpc) is 3.12. The van der Waals surface area contributed by atoms with Gasteiger partial charge in [0.2, 0.25) is 5.91 Å². The Morgan fingerprint density at radius 1 is 1.15 bits per heavy atom. The summed E-state index contributed by atoms with van der Waals surface area (Å²) >= 11 is 0. The highest BCUT2D eigenvalue weighted by Gasteiger charge is 2.75. The number of carbonyl (C=O) groups excluding carboxylic acids is 1. The predicted molar refractivity (Wildman–Crippen MR) is 97.6 cm³/mol. The zero-order chi connectivity index (χ0) is 17.7. The van der Waals surface area contributed by atoms with Crippen LogP contribution in [0.1, 0.15) is 37.2 Å². The molecule has 26 heavy (non-hydrogen) atoms. The summed E-state index contributed by atoms with van der Waals surface area (Å²) in [5, 5.41) is 0. The van der Waals surface area contributed by atoms with Gasteiger partial charge in [-0.3, -0.25) is 14.6 Å². The van der Waals surface area contributed by atoms with Crippen molar-refractivity contribution in [3.05, 3.63) is 29.8 Å². The highest BCUT2D eigenvalue weighted by Crippen LogP contribution is 2.71. The lowest BCUT2D eigenvalue weighted by atomic mass is 9.63. The van der Waals surface area contributed by atoms with Crippen LogP contribution in [-0.2, 0) is 4.79 Å². The van der Waals surface area contributed by atoms with Gasteiger partial charge in [0, 0.05) is 36.9 Å². The molecule has 2 saturated heterocycles. The molecule has 0 N–H and O–H groups in total. The molecule has 1 aromatic rings. The SMILES string of the molecule is COc1cc2c(cc1OC)N1C(=O)C[C@]34C=CCN5CC[C@@H]2C(CC3)[C@]514. The van der Waals surface area contributed by atoms with Crippen LogP contribution in [0.5, 0.6) is 11.5 Å². The molecule has 0 radical (unpaired) electrons. The van der Waals surface area contributed by atoms with Crippen LogP contribution < -0.4 is 14.4 Å². The molecule has 1 spiro atoms. The normalized spacial score (nSPS) is 39.0. The Labute approximate surface area is 153 Å². The molecule has 4 heterocycles. The van der Waals surface area contributed by atoms with E-state index in [0.29, 0.717) is 24.0 Å². The highest BCUT2D eigenvalue weighted by atomic mass is 16.5. The standard InChI is InChI=1S/C21H24N2O3/c1-25-17-10-14-13-5-9-22-8-3-6-20-7-4-15(13)21(20,22)23(19(24)12-20)16(14)11-18(17)26-2/h3,6,10-11,13,15H,4-5,7-9,12H2,1-2H3/t13-,15?,20-,21-/m0/s1. The quantitative estimate of drug-likeness (QED) is 0.768. The molecule has 5 nitrogen and oxygen atoms in total. The number of amides is 1. The van der Waals surface area contributed by atoms with Gasteiger partial charge in [-0.05, 0) is 36.8 Å². The van der Waals surface area contributed by atoms with Crippen LogP contribution >= 0.6 is 0 Å². The first kappa shape index (κ1) is 15.1. The van der Waals surface area contributed by atoms with Crippen molar-refractivity contribution in [2.45, 2.75) is 37.3 Å². The van der Waals surface area contributed by atoms with Gasteiger partial charge >= 0.3 is 0 Å². The minimum atomic E-state index is -0.158. The Kier molecular flexibility index (Phi) is 2.69. The number of benzene rings is 1. The molecule has 1 aliphatic carbocycles. The van der Waals surface area contributed by atoms with Gasteiger partial charge in [0.05, 0.1) is 19.9 Å². The Balaban J connectivity index is 1.67. The number of hydrogen-bond donors (Lipinski definition) is 0. The maximum Gasteiger partial charge on any atom is 0.229 e. The molecular formula is C21H24N2O3. The first-order valence-electron chi connectivity index (χ1n) is 9.68. The van der Waals surface area contributed by atoms with Crippen LogP contribution in [0.15, 0.2) is 24.3 Å². The number of nitrogens with zero attached hydrogens (tertiary/aromatic N) is 2. The third-order valence-electron chi connectivity index (χ3n) is 7.82. The summed E-state index contributed by atoms with van der Waals surface area (Å²) < 4.78 is 11.2. The first-order chi connectivity index (χ1) is 12.7. The molecule has 6 rings (SSSR count). The largest absolute Gasteiger partial charge is 0.493 e. The van der Waals surface area contributed by atoms with Crippen molar-refractivity contribution in [3.8, 4) is 11.5 Å². The summed E-state index contributed by atoms with van der Waals surface area (Å²) in [6, 6.07) is 4.17. The van der Waals surface area contributed by atoms with E-state index in [1.807, 2.05) is 6.07 Å². The molecule has 2 bridgehead atoms. The van der Waals surface area contributed by atoms with Gasteiger partial charge < -0.3 is 9.47 Å². The maximum absolute atomic E-state index is 13.3. The third-order valence-corrected chi connectivity index (χ3v) is 7.82. The van der Waals surface area contributed by atoms with Crippen LogP contribution in [0.3, 0.4) is 0 Å². The summed E-state index contributed by atoms with van der Waals surface area (Å²) in [5.41, 5.74) is 2.15. The van der Waals surface area contributed by atoms with E-state index < -0.39 is 0 Å². The van der Waals surface area contributed by atoms with Gasteiger partial charge in [-0.1, -0.05) is 12.2 Å². The van der Waals surface area contributed by atoms with E-state index in [1.165, 1.54) is 12.0 Å². The Bertz CT molecular complexity index is 865. The van der Waals surface area contributed by atoms with Gasteiger partial charge in [0.25, 0.3) is 0 Å². The highest BCUT2D eigenvalue weighted by molar-refractivity contribution is 6.01. The smallest absolute Gasteiger partial charge is 0.229 e. The Hall–Kier alpha value is -2.01. The number of ether oxygens (including phenoxy) is 2. The fourth-order valence-corrected chi connectivity index (χ4v) is 7.12. The minimum absolute atomic E-state index is 0.0173. The number of fused-ring (bicyclic) bond motifs is 3. The number of carbonyl (C=O) groups is 1. The fourth-order valence-electron chi connectivity index (χ4n) is 7.12. The molecular weight excluding hydrogens is 328 g/mol. The summed E-state index contributed by atoms with van der Waals surface area (Å²) in [5.74, 6) is 2.75. The van der Waals surface area contributed by atoms with Crippen LogP contribution in [0.25, 0.3) is 0 Å². The second-order valence-corrected chi connectivity index (χ2v) is 8.44. The first-order valence-corrected chi connectivity index (χ1v) is 9.68. The lowest BCUT2D eigenvalue weighted by molar-refractivity contribution is -0.119. The molecule has 1 saturated carbocycles. The van der Waals surface area contributed by atoms with Crippen molar-refractivity contribution in [3.63, 3.8) is 0 Å². The van der Waals surface area contributed by atoms with E-state index in [0.717, 1.165) is 37.4 Å². The Morgan fingerprint density at radius 2 is 1.96 bits per heavy atom. The van der Waals surface area contributed by atoms with Crippen LogP contribution in [-0.4, -0.2) is 43.8 Å².